The Morgan fingerprint density at radius 3 is 2.74 bits per heavy atom. The van der Waals surface area contributed by atoms with E-state index in [0.717, 1.165) is 23.2 Å². The number of methoxy groups -OCH3 is 1. The highest BCUT2D eigenvalue weighted by molar-refractivity contribution is 5.75. The molecule has 2 aromatic heterocycles. The van der Waals surface area contributed by atoms with Crippen LogP contribution in [0, 0.1) is 6.92 Å². The summed E-state index contributed by atoms with van der Waals surface area (Å²) in [5.74, 6) is 1.36. The molecule has 19 heavy (non-hydrogen) atoms. The Bertz CT molecular complexity index is 567. The fraction of sp³-hybridized carbons (Fsp3) is 0.214. The van der Waals surface area contributed by atoms with E-state index in [2.05, 4.69) is 15.3 Å². The predicted octanol–water partition coefficient (Wildman–Crippen LogP) is 2.22. The summed E-state index contributed by atoms with van der Waals surface area (Å²) in [5.41, 5.74) is 2.54. The number of pyridine rings is 2. The molecule has 1 N–H and O–H groups in total. The highest BCUT2D eigenvalue weighted by Crippen LogP contribution is 2.14. The number of hydrogen-bond acceptors (Lipinski definition) is 5. The van der Waals surface area contributed by atoms with Crippen molar-refractivity contribution in [1.29, 1.82) is 0 Å². The molecule has 0 bridgehead atoms. The molecular weight excluding hydrogens is 242 g/mol. The maximum absolute atomic E-state index is 10.6. The molecule has 0 aliphatic carbocycles. The van der Waals surface area contributed by atoms with Crippen LogP contribution in [0.15, 0.2) is 30.6 Å². The molecule has 0 saturated carbocycles. The zero-order chi connectivity index (χ0) is 13.7. The number of ether oxygens (including phenoxy) is 1. The number of nitrogens with zero attached hydrogens (tertiary/aromatic N) is 2. The van der Waals surface area contributed by atoms with Gasteiger partial charge in [0.25, 0.3) is 0 Å². The van der Waals surface area contributed by atoms with Gasteiger partial charge >= 0.3 is 0 Å². The first-order chi connectivity index (χ1) is 9.22. The second kappa shape index (κ2) is 5.95. The van der Waals surface area contributed by atoms with Gasteiger partial charge < -0.3 is 10.1 Å². The average Bonchev–Trinajstić information content (AvgIpc) is 2.46. The third-order valence-electron chi connectivity index (χ3n) is 2.70. The largest absolute Gasteiger partial charge is 0.481 e. The van der Waals surface area contributed by atoms with Gasteiger partial charge in [0, 0.05) is 30.6 Å². The fourth-order valence-electron chi connectivity index (χ4n) is 1.67. The molecule has 5 heteroatoms. The Morgan fingerprint density at radius 1 is 1.32 bits per heavy atom. The molecule has 0 aliphatic heterocycles. The van der Waals surface area contributed by atoms with Gasteiger partial charge in [0.2, 0.25) is 5.88 Å². The molecule has 0 aliphatic rings. The van der Waals surface area contributed by atoms with E-state index in [9.17, 15) is 4.79 Å². The van der Waals surface area contributed by atoms with E-state index in [0.29, 0.717) is 18.0 Å². The average molecular weight is 257 g/mol. The summed E-state index contributed by atoms with van der Waals surface area (Å²) in [5, 5.41) is 3.21. The van der Waals surface area contributed by atoms with Gasteiger partial charge in [-0.2, -0.15) is 0 Å². The number of aromatic nitrogens is 2. The van der Waals surface area contributed by atoms with Gasteiger partial charge in [-0.3, -0.25) is 4.79 Å². The number of aldehydes is 1. The predicted molar refractivity (Wildman–Crippen MR) is 72.5 cm³/mol. The van der Waals surface area contributed by atoms with Crippen LogP contribution in [0.2, 0.25) is 0 Å². The quantitative estimate of drug-likeness (QED) is 0.832. The van der Waals surface area contributed by atoms with Crippen molar-refractivity contribution >= 4 is 12.1 Å². The second-order valence-electron chi connectivity index (χ2n) is 4.11. The number of carbonyl (C=O) groups excluding carboxylic acids is 1. The number of carbonyl (C=O) groups is 1. The topological polar surface area (TPSA) is 64.1 Å². The smallest absolute Gasteiger partial charge is 0.212 e. The van der Waals surface area contributed by atoms with Crippen LogP contribution in [-0.4, -0.2) is 23.4 Å². The minimum Gasteiger partial charge on any atom is -0.481 e. The molecular formula is C14H15N3O2. The van der Waals surface area contributed by atoms with Crippen molar-refractivity contribution in [2.24, 2.45) is 0 Å². The van der Waals surface area contributed by atoms with Crippen molar-refractivity contribution in [2.45, 2.75) is 13.5 Å². The van der Waals surface area contributed by atoms with Gasteiger partial charge in [-0.15, -0.1) is 0 Å². The van der Waals surface area contributed by atoms with E-state index in [1.807, 2.05) is 19.1 Å². The van der Waals surface area contributed by atoms with Crippen LogP contribution >= 0.6 is 0 Å². The number of rotatable bonds is 5. The normalized spacial score (nSPS) is 10.0. The van der Waals surface area contributed by atoms with Crippen LogP contribution in [0.25, 0.3) is 0 Å². The van der Waals surface area contributed by atoms with Crippen molar-refractivity contribution < 1.29 is 9.53 Å². The molecule has 0 saturated heterocycles. The minimum absolute atomic E-state index is 0.578. The zero-order valence-electron chi connectivity index (χ0n) is 10.9. The molecule has 0 fully saturated rings. The summed E-state index contributed by atoms with van der Waals surface area (Å²) in [6.07, 6.45) is 4.09. The molecule has 2 rings (SSSR count). The minimum atomic E-state index is 0.578. The SMILES string of the molecule is COc1ccc(CNc2ncc(C=O)cc2C)cn1. The Hall–Kier alpha value is -2.43. The van der Waals surface area contributed by atoms with Crippen LogP contribution in [0.3, 0.4) is 0 Å². The molecule has 98 valence electrons. The first-order valence-corrected chi connectivity index (χ1v) is 5.87. The van der Waals surface area contributed by atoms with E-state index in [1.165, 1.54) is 0 Å². The number of anilines is 1. The van der Waals surface area contributed by atoms with Crippen molar-refractivity contribution in [3.63, 3.8) is 0 Å². The van der Waals surface area contributed by atoms with Crippen LogP contribution in [0.4, 0.5) is 5.82 Å². The maximum Gasteiger partial charge on any atom is 0.212 e. The Morgan fingerprint density at radius 2 is 2.16 bits per heavy atom. The molecule has 0 spiro atoms. The molecule has 0 aromatic carbocycles. The van der Waals surface area contributed by atoms with Gasteiger partial charge in [0.1, 0.15) is 5.82 Å². The fourth-order valence-corrected chi connectivity index (χ4v) is 1.67. The molecule has 0 radical (unpaired) electrons. The molecule has 0 unspecified atom stereocenters. The number of aryl methyl sites for hydroxylation is 1. The van der Waals surface area contributed by atoms with Crippen LogP contribution in [0.5, 0.6) is 5.88 Å². The van der Waals surface area contributed by atoms with E-state index in [-0.39, 0.29) is 0 Å². The summed E-state index contributed by atoms with van der Waals surface area (Å²) in [4.78, 5) is 19.0. The van der Waals surface area contributed by atoms with E-state index >= 15 is 0 Å². The van der Waals surface area contributed by atoms with Crippen molar-refractivity contribution in [1.82, 2.24) is 9.97 Å². The van der Waals surface area contributed by atoms with Crippen LogP contribution in [0.1, 0.15) is 21.5 Å². The highest BCUT2D eigenvalue weighted by atomic mass is 16.5. The molecule has 2 aromatic rings. The monoisotopic (exact) mass is 257 g/mol. The first-order valence-electron chi connectivity index (χ1n) is 5.87. The maximum atomic E-state index is 10.6. The van der Waals surface area contributed by atoms with E-state index in [4.69, 9.17) is 4.74 Å². The molecule has 0 atom stereocenters. The van der Waals surface area contributed by atoms with E-state index in [1.54, 1.807) is 25.6 Å². The summed E-state index contributed by atoms with van der Waals surface area (Å²) in [6, 6.07) is 5.55. The standard InChI is InChI=1S/C14H15N3O2/c1-10-5-12(9-18)8-17-14(10)16-7-11-3-4-13(19-2)15-6-11/h3-6,8-9H,7H2,1-2H3,(H,16,17). The summed E-state index contributed by atoms with van der Waals surface area (Å²) >= 11 is 0. The number of hydrogen-bond donors (Lipinski definition) is 1. The third-order valence-corrected chi connectivity index (χ3v) is 2.70. The first kappa shape index (κ1) is 13.0. The third kappa shape index (κ3) is 3.28. The lowest BCUT2D eigenvalue weighted by molar-refractivity contribution is 0.112. The van der Waals surface area contributed by atoms with Crippen LogP contribution < -0.4 is 10.1 Å². The summed E-state index contributed by atoms with van der Waals surface area (Å²) < 4.78 is 5.00. The highest BCUT2D eigenvalue weighted by Gasteiger charge is 2.02. The lowest BCUT2D eigenvalue weighted by Crippen LogP contribution is -2.04. The Kier molecular flexibility index (Phi) is 4.07. The molecule has 2 heterocycles. The van der Waals surface area contributed by atoms with Crippen molar-refractivity contribution in [2.75, 3.05) is 12.4 Å². The lowest BCUT2D eigenvalue weighted by Gasteiger charge is -2.09. The van der Waals surface area contributed by atoms with Gasteiger partial charge in [-0.05, 0) is 24.1 Å². The Labute approximate surface area is 111 Å². The zero-order valence-corrected chi connectivity index (χ0v) is 10.9. The van der Waals surface area contributed by atoms with Gasteiger partial charge in [0.15, 0.2) is 6.29 Å². The van der Waals surface area contributed by atoms with Crippen molar-refractivity contribution in [3.8, 4) is 5.88 Å². The Balaban J connectivity index is 2.03. The van der Waals surface area contributed by atoms with Crippen molar-refractivity contribution in [3.05, 3.63) is 47.3 Å². The van der Waals surface area contributed by atoms with Gasteiger partial charge in [-0.1, -0.05) is 6.07 Å². The van der Waals surface area contributed by atoms with Gasteiger partial charge in [-0.25, -0.2) is 9.97 Å². The number of nitrogens with one attached hydrogen (secondary N) is 1. The summed E-state index contributed by atoms with van der Waals surface area (Å²) in [6.45, 7) is 2.53. The molecule has 0 amide bonds. The van der Waals surface area contributed by atoms with E-state index < -0.39 is 0 Å². The second-order valence-corrected chi connectivity index (χ2v) is 4.11. The van der Waals surface area contributed by atoms with Crippen LogP contribution in [-0.2, 0) is 6.54 Å². The van der Waals surface area contributed by atoms with Gasteiger partial charge in [0.05, 0.1) is 7.11 Å². The lowest BCUT2D eigenvalue weighted by atomic mass is 10.2. The summed E-state index contributed by atoms with van der Waals surface area (Å²) in [7, 11) is 1.59. The molecule has 5 nitrogen and oxygen atoms in total.